The molecule has 0 unspecified atom stereocenters. The Balaban J connectivity index is 2.64. The van der Waals surface area contributed by atoms with Crippen molar-refractivity contribution in [1.29, 1.82) is 0 Å². The van der Waals surface area contributed by atoms with Crippen LogP contribution in [0.5, 0.6) is 0 Å². The van der Waals surface area contributed by atoms with Crippen molar-refractivity contribution < 1.29 is 8.42 Å². The van der Waals surface area contributed by atoms with Crippen LogP contribution in [0.25, 0.3) is 0 Å². The van der Waals surface area contributed by atoms with Gasteiger partial charge in [-0.2, -0.15) is 0 Å². The normalized spacial score (nSPS) is 20.5. The van der Waals surface area contributed by atoms with E-state index in [1.54, 1.807) is 13.8 Å². The maximum atomic E-state index is 11.5. The van der Waals surface area contributed by atoms with Gasteiger partial charge in [-0.1, -0.05) is 19.3 Å². The minimum atomic E-state index is -3.09. The van der Waals surface area contributed by atoms with E-state index < -0.39 is 14.6 Å². The summed E-state index contributed by atoms with van der Waals surface area (Å²) < 4.78 is 22.2. The summed E-state index contributed by atoms with van der Waals surface area (Å²) in [4.78, 5) is 4.30. The molecular weight excluding hydrogens is 236 g/mol. The number of hydrogen-bond acceptors (Lipinski definition) is 3. The topological polar surface area (TPSA) is 72.5 Å². The summed E-state index contributed by atoms with van der Waals surface area (Å²) in [5.41, 5.74) is 5.95. The smallest absolute Gasteiger partial charge is 0.154 e. The van der Waals surface area contributed by atoms with E-state index in [-0.39, 0.29) is 6.54 Å². The van der Waals surface area contributed by atoms with Gasteiger partial charge in [0.1, 0.15) is 0 Å². The minimum Gasteiger partial charge on any atom is -0.387 e. The number of nitrogens with zero attached hydrogens (tertiary/aromatic N) is 1. The van der Waals surface area contributed by atoms with E-state index in [0.717, 1.165) is 12.8 Å². The van der Waals surface area contributed by atoms with Crippen molar-refractivity contribution in [2.24, 2.45) is 16.6 Å². The quantitative estimate of drug-likeness (QED) is 0.618. The van der Waals surface area contributed by atoms with Gasteiger partial charge in [0, 0.05) is 12.2 Å². The molecule has 0 aromatic heterocycles. The first-order valence-corrected chi connectivity index (χ1v) is 8.12. The van der Waals surface area contributed by atoms with Crippen LogP contribution < -0.4 is 5.73 Å². The van der Waals surface area contributed by atoms with Gasteiger partial charge in [-0.15, -0.1) is 0 Å². The van der Waals surface area contributed by atoms with Gasteiger partial charge in [0.05, 0.1) is 17.1 Å². The molecule has 1 saturated carbocycles. The van der Waals surface area contributed by atoms with Crippen LogP contribution in [0, 0.1) is 5.92 Å². The van der Waals surface area contributed by atoms with Crippen LogP contribution in [0.15, 0.2) is 4.99 Å². The van der Waals surface area contributed by atoms with E-state index in [2.05, 4.69) is 4.99 Å². The van der Waals surface area contributed by atoms with Crippen LogP contribution in [-0.4, -0.2) is 31.8 Å². The first-order chi connectivity index (χ1) is 7.74. The van der Waals surface area contributed by atoms with E-state index in [1.807, 2.05) is 0 Å². The number of aliphatic imine (C=N–C) groups is 1. The van der Waals surface area contributed by atoms with Crippen LogP contribution >= 0.6 is 0 Å². The summed E-state index contributed by atoms with van der Waals surface area (Å²) in [5.74, 6) is 1.00. The molecule has 17 heavy (non-hydrogen) atoms. The lowest BCUT2D eigenvalue weighted by molar-refractivity contribution is 0.436. The summed E-state index contributed by atoms with van der Waals surface area (Å²) in [6.07, 6.45) is 7.12. The Hall–Kier alpha value is -0.580. The lowest BCUT2D eigenvalue weighted by Crippen LogP contribution is -2.36. The average Bonchev–Trinajstić information content (AvgIpc) is 2.25. The molecule has 1 aliphatic rings. The fourth-order valence-corrected chi connectivity index (χ4v) is 2.23. The van der Waals surface area contributed by atoms with Gasteiger partial charge in [0.25, 0.3) is 0 Å². The second-order valence-corrected chi connectivity index (χ2v) is 8.26. The Kier molecular flexibility index (Phi) is 4.58. The molecule has 0 aromatic rings. The van der Waals surface area contributed by atoms with E-state index in [0.29, 0.717) is 11.8 Å². The molecular formula is C12H24N2O2S. The van der Waals surface area contributed by atoms with Gasteiger partial charge in [0.15, 0.2) is 9.84 Å². The van der Waals surface area contributed by atoms with Crippen LogP contribution in [0.1, 0.15) is 46.0 Å². The molecule has 4 nitrogen and oxygen atoms in total. The molecule has 0 heterocycles. The van der Waals surface area contributed by atoms with Crippen molar-refractivity contribution in [2.45, 2.75) is 50.7 Å². The zero-order valence-electron chi connectivity index (χ0n) is 11.1. The van der Waals surface area contributed by atoms with Gasteiger partial charge in [-0.3, -0.25) is 4.99 Å². The van der Waals surface area contributed by atoms with E-state index >= 15 is 0 Å². The second kappa shape index (κ2) is 5.38. The molecule has 0 atom stereocenters. The Labute approximate surface area is 105 Å². The van der Waals surface area contributed by atoms with Crippen molar-refractivity contribution in [3.8, 4) is 0 Å². The predicted molar refractivity (Wildman–Crippen MR) is 72.0 cm³/mol. The van der Waals surface area contributed by atoms with Crippen LogP contribution in [-0.2, 0) is 9.84 Å². The van der Waals surface area contributed by atoms with Gasteiger partial charge in [0.2, 0.25) is 0 Å². The predicted octanol–water partition coefficient (Wildman–Crippen LogP) is 1.75. The highest BCUT2D eigenvalue weighted by atomic mass is 32.2. The van der Waals surface area contributed by atoms with Crippen molar-refractivity contribution in [1.82, 2.24) is 0 Å². The molecule has 1 fully saturated rings. The first-order valence-electron chi connectivity index (χ1n) is 6.23. The molecule has 1 rings (SSSR count). The van der Waals surface area contributed by atoms with E-state index in [4.69, 9.17) is 5.73 Å². The molecule has 1 aliphatic carbocycles. The molecule has 0 bridgehead atoms. The first kappa shape index (κ1) is 14.5. The molecule has 100 valence electrons. The molecule has 0 spiro atoms. The molecule has 0 aliphatic heterocycles. The summed E-state index contributed by atoms with van der Waals surface area (Å²) in [7, 11) is -3.09. The third-order valence-electron chi connectivity index (χ3n) is 3.67. The second-order valence-electron chi connectivity index (χ2n) is 5.61. The standard InChI is InChI=1S/C12H24N2O2S/c1-12(2,17(3,15)16)9-14-11(13)10-7-5-4-6-8-10/h10H,4-9H2,1-3H3,(H2,13,14). The number of amidine groups is 1. The highest BCUT2D eigenvalue weighted by Gasteiger charge is 2.30. The third kappa shape index (κ3) is 3.98. The maximum absolute atomic E-state index is 11.5. The van der Waals surface area contributed by atoms with Gasteiger partial charge >= 0.3 is 0 Å². The number of sulfone groups is 1. The Bertz CT molecular complexity index is 379. The number of nitrogens with two attached hydrogens (primary N) is 1. The summed E-state index contributed by atoms with van der Waals surface area (Å²) >= 11 is 0. The summed E-state index contributed by atoms with van der Waals surface area (Å²) in [6.45, 7) is 3.65. The fourth-order valence-electron chi connectivity index (χ4n) is 1.93. The fraction of sp³-hybridized carbons (Fsp3) is 0.917. The van der Waals surface area contributed by atoms with E-state index in [1.165, 1.54) is 25.5 Å². The van der Waals surface area contributed by atoms with Gasteiger partial charge in [-0.05, 0) is 26.7 Å². The largest absolute Gasteiger partial charge is 0.387 e. The molecule has 0 radical (unpaired) electrons. The number of rotatable bonds is 4. The van der Waals surface area contributed by atoms with Gasteiger partial charge < -0.3 is 5.73 Å². The molecule has 2 N–H and O–H groups in total. The Morgan fingerprint density at radius 3 is 2.29 bits per heavy atom. The van der Waals surface area contributed by atoms with Crippen molar-refractivity contribution in [3.63, 3.8) is 0 Å². The maximum Gasteiger partial charge on any atom is 0.154 e. The van der Waals surface area contributed by atoms with Crippen LogP contribution in [0.3, 0.4) is 0 Å². The molecule has 0 amide bonds. The monoisotopic (exact) mass is 260 g/mol. The lowest BCUT2D eigenvalue weighted by atomic mass is 9.88. The van der Waals surface area contributed by atoms with Crippen molar-refractivity contribution >= 4 is 15.7 Å². The van der Waals surface area contributed by atoms with Crippen LogP contribution in [0.4, 0.5) is 0 Å². The summed E-state index contributed by atoms with van der Waals surface area (Å²) in [5, 5.41) is 0. The highest BCUT2D eigenvalue weighted by Crippen LogP contribution is 2.24. The summed E-state index contributed by atoms with van der Waals surface area (Å²) in [6, 6.07) is 0. The highest BCUT2D eigenvalue weighted by molar-refractivity contribution is 7.92. The molecule has 0 aromatic carbocycles. The van der Waals surface area contributed by atoms with Crippen molar-refractivity contribution in [3.05, 3.63) is 0 Å². The minimum absolute atomic E-state index is 0.258. The Morgan fingerprint density at radius 1 is 1.29 bits per heavy atom. The molecule has 0 saturated heterocycles. The SMILES string of the molecule is CC(C)(CN=C(N)C1CCCCC1)S(C)(=O)=O. The lowest BCUT2D eigenvalue weighted by Gasteiger charge is -2.23. The van der Waals surface area contributed by atoms with Crippen LogP contribution in [0.2, 0.25) is 0 Å². The average molecular weight is 260 g/mol. The van der Waals surface area contributed by atoms with Gasteiger partial charge in [-0.25, -0.2) is 8.42 Å². The third-order valence-corrected chi connectivity index (χ3v) is 5.81. The van der Waals surface area contributed by atoms with E-state index in [9.17, 15) is 8.42 Å². The molecule has 5 heteroatoms. The zero-order chi connectivity index (χ0) is 13.1. The van der Waals surface area contributed by atoms with Crippen molar-refractivity contribution in [2.75, 3.05) is 12.8 Å². The number of hydrogen-bond donors (Lipinski definition) is 1. The zero-order valence-corrected chi connectivity index (χ0v) is 11.9. The Morgan fingerprint density at radius 2 is 1.82 bits per heavy atom.